The Bertz CT molecular complexity index is 734. The predicted molar refractivity (Wildman–Crippen MR) is 104 cm³/mol. The van der Waals surface area contributed by atoms with Crippen molar-refractivity contribution in [2.24, 2.45) is 0 Å². The molecule has 0 aliphatic rings. The molecule has 0 unspecified atom stereocenters. The molecule has 2 amide bonds. The monoisotopic (exact) mass is 434 g/mol. The van der Waals surface area contributed by atoms with Crippen LogP contribution in [0.4, 0.5) is 4.79 Å². The first-order chi connectivity index (χ1) is 12.9. The highest BCUT2D eigenvalue weighted by molar-refractivity contribution is 6.35. The molecule has 0 aliphatic carbocycles. The Morgan fingerprint density at radius 2 is 1.86 bits per heavy atom. The van der Waals surface area contributed by atoms with Crippen molar-refractivity contribution >= 4 is 41.2 Å². The zero-order valence-electron chi connectivity index (χ0n) is 16.1. The molecule has 0 aliphatic heterocycles. The first-order valence-electron chi connectivity index (χ1n) is 8.52. The third-order valence-corrected chi connectivity index (χ3v) is 3.74. The SMILES string of the molecule is CCOC(=O)C[C@H](NC(=O)CNC(=O)OC(C)(C)C)c1cc(Cl)cc(Cl)c1O. The zero-order valence-corrected chi connectivity index (χ0v) is 17.6. The number of hydrogen-bond acceptors (Lipinski definition) is 6. The maximum Gasteiger partial charge on any atom is 0.408 e. The second-order valence-electron chi connectivity index (χ2n) is 6.81. The molecule has 0 aromatic heterocycles. The Morgan fingerprint density at radius 1 is 1.21 bits per heavy atom. The highest BCUT2D eigenvalue weighted by atomic mass is 35.5. The van der Waals surface area contributed by atoms with E-state index in [2.05, 4.69) is 10.6 Å². The number of phenolic OH excluding ortho intramolecular Hbond substituents is 1. The summed E-state index contributed by atoms with van der Waals surface area (Å²) in [6, 6.07) is 1.74. The normalized spacial score (nSPS) is 12.1. The van der Waals surface area contributed by atoms with Crippen LogP contribution >= 0.6 is 23.2 Å². The van der Waals surface area contributed by atoms with Gasteiger partial charge in [0.1, 0.15) is 17.9 Å². The van der Waals surface area contributed by atoms with E-state index in [1.54, 1.807) is 27.7 Å². The molecule has 10 heteroatoms. The summed E-state index contributed by atoms with van der Waals surface area (Å²) in [5, 5.41) is 15.3. The summed E-state index contributed by atoms with van der Waals surface area (Å²) >= 11 is 11.9. The molecule has 8 nitrogen and oxygen atoms in total. The first-order valence-corrected chi connectivity index (χ1v) is 9.28. The standard InChI is InChI=1S/C18H24Cl2N2O6/c1-5-27-15(24)8-13(11-6-10(19)7-12(20)16(11)25)22-14(23)9-21-17(26)28-18(2,3)4/h6-7,13,25H,5,8-9H2,1-4H3,(H,21,26)(H,22,23)/t13-/m0/s1. The van der Waals surface area contributed by atoms with Crippen LogP contribution in [-0.2, 0) is 19.1 Å². The van der Waals surface area contributed by atoms with E-state index in [1.807, 2.05) is 0 Å². The molecular formula is C18H24Cl2N2O6. The summed E-state index contributed by atoms with van der Waals surface area (Å²) in [4.78, 5) is 35.8. The van der Waals surface area contributed by atoms with E-state index in [9.17, 15) is 19.5 Å². The van der Waals surface area contributed by atoms with Crippen LogP contribution in [0.15, 0.2) is 12.1 Å². The number of nitrogens with one attached hydrogen (secondary N) is 2. The number of esters is 1. The van der Waals surface area contributed by atoms with E-state index in [4.69, 9.17) is 32.7 Å². The molecule has 3 N–H and O–H groups in total. The number of carbonyl (C=O) groups is 3. The minimum absolute atomic E-state index is 0.0301. The van der Waals surface area contributed by atoms with E-state index in [-0.39, 0.29) is 34.4 Å². The first kappa shape index (κ1) is 23.8. The smallest absolute Gasteiger partial charge is 0.408 e. The van der Waals surface area contributed by atoms with Gasteiger partial charge in [-0.25, -0.2) is 4.79 Å². The van der Waals surface area contributed by atoms with Crippen LogP contribution in [0.5, 0.6) is 5.75 Å². The molecule has 0 bridgehead atoms. The summed E-state index contributed by atoms with van der Waals surface area (Å²) < 4.78 is 9.95. The molecule has 156 valence electrons. The Labute approximate surface area is 173 Å². The van der Waals surface area contributed by atoms with E-state index < -0.39 is 36.2 Å². The lowest BCUT2D eigenvalue weighted by Crippen LogP contribution is -2.41. The van der Waals surface area contributed by atoms with Gasteiger partial charge in [-0.3, -0.25) is 9.59 Å². The molecule has 1 atom stereocenters. The largest absolute Gasteiger partial charge is 0.506 e. The average molecular weight is 435 g/mol. The molecular weight excluding hydrogens is 411 g/mol. The van der Waals surface area contributed by atoms with Gasteiger partial charge in [0.25, 0.3) is 0 Å². The van der Waals surface area contributed by atoms with Crippen LogP contribution in [0.3, 0.4) is 0 Å². The molecule has 0 radical (unpaired) electrons. The maximum absolute atomic E-state index is 12.2. The van der Waals surface area contributed by atoms with Gasteiger partial charge in [0.2, 0.25) is 5.91 Å². The fourth-order valence-electron chi connectivity index (χ4n) is 2.19. The topological polar surface area (TPSA) is 114 Å². The van der Waals surface area contributed by atoms with Gasteiger partial charge in [-0.1, -0.05) is 23.2 Å². The molecule has 28 heavy (non-hydrogen) atoms. The number of hydrogen-bond donors (Lipinski definition) is 3. The van der Waals surface area contributed by atoms with Crippen molar-refractivity contribution < 1.29 is 29.0 Å². The Balaban J connectivity index is 2.91. The van der Waals surface area contributed by atoms with Crippen molar-refractivity contribution in [3.05, 3.63) is 27.7 Å². The number of amides is 2. The van der Waals surface area contributed by atoms with Gasteiger partial charge in [0, 0.05) is 10.6 Å². The molecule has 0 saturated heterocycles. The molecule has 1 aromatic rings. The fraction of sp³-hybridized carbons (Fsp3) is 0.500. The molecule has 1 rings (SSSR count). The summed E-state index contributed by atoms with van der Waals surface area (Å²) in [6.07, 6.45) is -1.03. The van der Waals surface area contributed by atoms with E-state index in [1.165, 1.54) is 12.1 Å². The number of halogens is 2. The van der Waals surface area contributed by atoms with Crippen LogP contribution in [0.25, 0.3) is 0 Å². The summed E-state index contributed by atoms with van der Waals surface area (Å²) in [6.45, 7) is 6.46. The number of benzene rings is 1. The highest BCUT2D eigenvalue weighted by Gasteiger charge is 2.24. The average Bonchev–Trinajstić information content (AvgIpc) is 2.54. The minimum Gasteiger partial charge on any atom is -0.506 e. The maximum atomic E-state index is 12.2. The number of phenols is 1. The van der Waals surface area contributed by atoms with Crippen LogP contribution in [0.2, 0.25) is 10.0 Å². The number of rotatable bonds is 7. The Hall–Kier alpha value is -2.19. The molecule has 0 fully saturated rings. The Kier molecular flexibility index (Phi) is 8.84. The third kappa shape index (κ3) is 8.22. The highest BCUT2D eigenvalue weighted by Crippen LogP contribution is 2.36. The van der Waals surface area contributed by atoms with Crippen molar-refractivity contribution in [1.82, 2.24) is 10.6 Å². The van der Waals surface area contributed by atoms with Crippen LogP contribution in [0.1, 0.15) is 45.7 Å². The van der Waals surface area contributed by atoms with E-state index >= 15 is 0 Å². The number of carbonyl (C=O) groups excluding carboxylic acids is 3. The van der Waals surface area contributed by atoms with Crippen LogP contribution in [-0.4, -0.2) is 41.8 Å². The van der Waals surface area contributed by atoms with Crippen molar-refractivity contribution in [1.29, 1.82) is 0 Å². The molecule has 0 heterocycles. The van der Waals surface area contributed by atoms with Crippen molar-refractivity contribution in [2.45, 2.75) is 45.8 Å². The van der Waals surface area contributed by atoms with Gasteiger partial charge in [-0.2, -0.15) is 0 Å². The summed E-state index contributed by atoms with van der Waals surface area (Å²) in [5.74, 6) is -1.53. The van der Waals surface area contributed by atoms with Crippen molar-refractivity contribution in [2.75, 3.05) is 13.2 Å². The number of aromatic hydroxyl groups is 1. The van der Waals surface area contributed by atoms with Crippen molar-refractivity contribution in [3.8, 4) is 5.75 Å². The second kappa shape index (κ2) is 10.4. The van der Waals surface area contributed by atoms with Gasteiger partial charge in [-0.05, 0) is 39.8 Å². The lowest BCUT2D eigenvalue weighted by atomic mass is 10.0. The van der Waals surface area contributed by atoms with Gasteiger partial charge in [0.15, 0.2) is 0 Å². The predicted octanol–water partition coefficient (Wildman–Crippen LogP) is 3.33. The van der Waals surface area contributed by atoms with Crippen LogP contribution < -0.4 is 10.6 Å². The molecule has 0 saturated carbocycles. The molecule has 1 aromatic carbocycles. The lowest BCUT2D eigenvalue weighted by Gasteiger charge is -2.22. The van der Waals surface area contributed by atoms with Crippen LogP contribution in [0, 0.1) is 0 Å². The summed E-state index contributed by atoms with van der Waals surface area (Å²) in [5.41, 5.74) is -0.563. The number of ether oxygens (including phenoxy) is 2. The number of alkyl carbamates (subject to hydrolysis) is 1. The quantitative estimate of drug-likeness (QED) is 0.566. The summed E-state index contributed by atoms with van der Waals surface area (Å²) in [7, 11) is 0. The van der Waals surface area contributed by atoms with Crippen molar-refractivity contribution in [3.63, 3.8) is 0 Å². The van der Waals surface area contributed by atoms with E-state index in [0.717, 1.165) is 0 Å². The molecule has 0 spiro atoms. The lowest BCUT2D eigenvalue weighted by molar-refractivity contribution is -0.143. The second-order valence-corrected chi connectivity index (χ2v) is 7.65. The third-order valence-electron chi connectivity index (χ3n) is 3.24. The van der Waals surface area contributed by atoms with Gasteiger partial charge < -0.3 is 25.2 Å². The van der Waals surface area contributed by atoms with E-state index in [0.29, 0.717) is 0 Å². The zero-order chi connectivity index (χ0) is 21.5. The fourth-order valence-corrected chi connectivity index (χ4v) is 2.70. The minimum atomic E-state index is -0.969. The Morgan fingerprint density at radius 3 is 2.43 bits per heavy atom. The van der Waals surface area contributed by atoms with Gasteiger partial charge in [0.05, 0.1) is 24.1 Å². The van der Waals surface area contributed by atoms with Gasteiger partial charge >= 0.3 is 12.1 Å². The van der Waals surface area contributed by atoms with Gasteiger partial charge in [-0.15, -0.1) is 0 Å².